The summed E-state index contributed by atoms with van der Waals surface area (Å²) in [4.78, 5) is 5.95. The molecule has 1 N–H and O–H groups in total. The van der Waals surface area contributed by atoms with Crippen LogP contribution in [0.3, 0.4) is 0 Å². The number of aryl methyl sites for hydroxylation is 1. The molecule has 2 aromatic carbocycles. The van der Waals surface area contributed by atoms with Gasteiger partial charge in [-0.2, -0.15) is 0 Å². The third kappa shape index (κ3) is 3.31. The van der Waals surface area contributed by atoms with E-state index in [1.165, 1.54) is 34.1 Å². The van der Waals surface area contributed by atoms with Gasteiger partial charge in [0.15, 0.2) is 0 Å². The third-order valence-corrected chi connectivity index (χ3v) is 6.54. The second-order valence-electron chi connectivity index (χ2n) is 7.71. The van der Waals surface area contributed by atoms with E-state index in [1.807, 2.05) is 18.2 Å². The quantitative estimate of drug-likeness (QED) is 0.550. The van der Waals surface area contributed by atoms with Gasteiger partial charge < -0.3 is 4.98 Å². The lowest BCUT2D eigenvalue weighted by atomic mass is 9.96. The average molecular weight is 397 g/mol. The average Bonchev–Trinajstić information content (AvgIpc) is 3.26. The SMILES string of the molecule is Clc1ccc2c(c1)CCC2CN1CC=C(c2c[nH]c3cc(Cl)ccc23)CC1. The number of nitrogens with zero attached hydrogens (tertiary/aromatic N) is 1. The molecule has 0 spiro atoms. The predicted molar refractivity (Wildman–Crippen MR) is 115 cm³/mol. The Balaban J connectivity index is 1.31. The first-order chi connectivity index (χ1) is 13.2. The summed E-state index contributed by atoms with van der Waals surface area (Å²) in [5.41, 5.74) is 6.82. The molecule has 0 saturated heterocycles. The van der Waals surface area contributed by atoms with Crippen LogP contribution in [-0.2, 0) is 6.42 Å². The zero-order valence-electron chi connectivity index (χ0n) is 15.1. The van der Waals surface area contributed by atoms with Crippen LogP contribution < -0.4 is 0 Å². The number of hydrogen-bond acceptors (Lipinski definition) is 1. The number of aromatic nitrogens is 1. The molecule has 1 aliphatic heterocycles. The Morgan fingerprint density at radius 1 is 1.04 bits per heavy atom. The number of H-pyrrole nitrogens is 1. The van der Waals surface area contributed by atoms with E-state index in [9.17, 15) is 0 Å². The molecular weight excluding hydrogens is 375 g/mol. The summed E-state index contributed by atoms with van der Waals surface area (Å²) in [5.74, 6) is 0.641. The number of benzene rings is 2. The summed E-state index contributed by atoms with van der Waals surface area (Å²) in [6.07, 6.45) is 8.02. The molecule has 0 amide bonds. The lowest BCUT2D eigenvalue weighted by Gasteiger charge is -2.29. The highest BCUT2D eigenvalue weighted by atomic mass is 35.5. The lowest BCUT2D eigenvalue weighted by Crippen LogP contribution is -2.32. The standard InChI is InChI=1S/C23H22Cl2N2/c24-18-3-5-20-16(11-18)1-2-17(20)14-27-9-7-15(8-10-27)22-13-26-23-12-19(25)4-6-21(22)23/h3-7,11-13,17,26H,1-2,8-10,14H2. The molecule has 0 fully saturated rings. The minimum Gasteiger partial charge on any atom is -0.361 e. The second kappa shape index (κ2) is 7.01. The van der Waals surface area contributed by atoms with Crippen LogP contribution in [0.5, 0.6) is 0 Å². The molecule has 0 saturated carbocycles. The van der Waals surface area contributed by atoms with Crippen molar-refractivity contribution in [3.8, 4) is 0 Å². The number of hydrogen-bond donors (Lipinski definition) is 1. The van der Waals surface area contributed by atoms with Crippen LogP contribution >= 0.6 is 23.2 Å². The highest BCUT2D eigenvalue weighted by Crippen LogP contribution is 2.36. The van der Waals surface area contributed by atoms with Gasteiger partial charge in [0.25, 0.3) is 0 Å². The summed E-state index contributed by atoms with van der Waals surface area (Å²) in [6, 6.07) is 12.5. The van der Waals surface area contributed by atoms with E-state index < -0.39 is 0 Å². The fourth-order valence-electron chi connectivity index (χ4n) is 4.66. The van der Waals surface area contributed by atoms with Gasteiger partial charge >= 0.3 is 0 Å². The molecule has 138 valence electrons. The van der Waals surface area contributed by atoms with E-state index in [0.29, 0.717) is 5.92 Å². The van der Waals surface area contributed by atoms with Gasteiger partial charge in [-0.25, -0.2) is 0 Å². The first kappa shape index (κ1) is 17.4. The van der Waals surface area contributed by atoms with Crippen molar-refractivity contribution < 1.29 is 0 Å². The van der Waals surface area contributed by atoms with Gasteiger partial charge in [0.1, 0.15) is 0 Å². The van der Waals surface area contributed by atoms with Crippen molar-refractivity contribution in [1.82, 2.24) is 9.88 Å². The van der Waals surface area contributed by atoms with E-state index >= 15 is 0 Å². The maximum absolute atomic E-state index is 6.15. The molecule has 1 aliphatic carbocycles. The van der Waals surface area contributed by atoms with Gasteiger partial charge in [-0.1, -0.05) is 41.4 Å². The highest BCUT2D eigenvalue weighted by molar-refractivity contribution is 6.31. The van der Waals surface area contributed by atoms with Crippen molar-refractivity contribution in [1.29, 1.82) is 0 Å². The normalized spacial score (nSPS) is 20.1. The van der Waals surface area contributed by atoms with Crippen molar-refractivity contribution >= 4 is 39.7 Å². The van der Waals surface area contributed by atoms with Crippen LogP contribution in [0.2, 0.25) is 10.0 Å². The van der Waals surface area contributed by atoms with Gasteiger partial charge in [0.05, 0.1) is 0 Å². The van der Waals surface area contributed by atoms with Crippen molar-refractivity contribution in [3.05, 3.63) is 75.4 Å². The first-order valence-electron chi connectivity index (χ1n) is 9.64. The third-order valence-electron chi connectivity index (χ3n) is 6.07. The Labute approximate surface area is 169 Å². The molecule has 2 nitrogen and oxygen atoms in total. The maximum atomic E-state index is 6.15. The van der Waals surface area contributed by atoms with Gasteiger partial charge in [-0.3, -0.25) is 4.90 Å². The monoisotopic (exact) mass is 396 g/mol. The molecule has 2 aliphatic rings. The largest absolute Gasteiger partial charge is 0.361 e. The van der Waals surface area contributed by atoms with Gasteiger partial charge in [-0.15, -0.1) is 0 Å². The summed E-state index contributed by atoms with van der Waals surface area (Å²) in [5, 5.41) is 2.90. The van der Waals surface area contributed by atoms with E-state index in [2.05, 4.69) is 40.4 Å². The Kier molecular flexibility index (Phi) is 4.51. The number of aromatic amines is 1. The van der Waals surface area contributed by atoms with Crippen LogP contribution in [0.1, 0.15) is 35.4 Å². The van der Waals surface area contributed by atoms with E-state index in [4.69, 9.17) is 23.2 Å². The Hall–Kier alpha value is -1.74. The molecule has 4 heteroatoms. The number of fused-ring (bicyclic) bond motifs is 2. The van der Waals surface area contributed by atoms with Crippen LogP contribution in [0.4, 0.5) is 0 Å². The smallest absolute Gasteiger partial charge is 0.0475 e. The molecule has 2 heterocycles. The van der Waals surface area contributed by atoms with E-state index in [0.717, 1.165) is 48.0 Å². The number of halogens is 2. The molecular formula is C23H22Cl2N2. The zero-order chi connectivity index (χ0) is 18.4. The summed E-state index contributed by atoms with van der Waals surface area (Å²) < 4.78 is 0. The molecule has 0 bridgehead atoms. The first-order valence-corrected chi connectivity index (χ1v) is 10.4. The zero-order valence-corrected chi connectivity index (χ0v) is 16.7. The highest BCUT2D eigenvalue weighted by Gasteiger charge is 2.25. The van der Waals surface area contributed by atoms with Crippen LogP contribution in [-0.4, -0.2) is 29.5 Å². The molecule has 1 unspecified atom stereocenters. The summed E-state index contributed by atoms with van der Waals surface area (Å²) in [6.45, 7) is 3.28. The Morgan fingerprint density at radius 3 is 2.74 bits per heavy atom. The minimum absolute atomic E-state index is 0.641. The second-order valence-corrected chi connectivity index (χ2v) is 8.58. The van der Waals surface area contributed by atoms with Crippen molar-refractivity contribution in [2.75, 3.05) is 19.6 Å². The van der Waals surface area contributed by atoms with Gasteiger partial charge in [0, 0.05) is 52.3 Å². The van der Waals surface area contributed by atoms with E-state index in [1.54, 1.807) is 0 Å². The maximum Gasteiger partial charge on any atom is 0.0475 e. The molecule has 27 heavy (non-hydrogen) atoms. The van der Waals surface area contributed by atoms with Gasteiger partial charge in [-0.05, 0) is 66.1 Å². The molecule has 0 radical (unpaired) electrons. The minimum atomic E-state index is 0.641. The van der Waals surface area contributed by atoms with Crippen molar-refractivity contribution in [2.45, 2.75) is 25.2 Å². The number of rotatable bonds is 3. The molecule has 5 rings (SSSR count). The number of nitrogens with one attached hydrogen (secondary N) is 1. The lowest BCUT2D eigenvalue weighted by molar-refractivity contribution is 0.281. The topological polar surface area (TPSA) is 19.0 Å². The predicted octanol–water partition coefficient (Wildman–Crippen LogP) is 6.29. The van der Waals surface area contributed by atoms with Crippen molar-refractivity contribution in [2.24, 2.45) is 0 Å². The summed E-state index contributed by atoms with van der Waals surface area (Å²) in [7, 11) is 0. The van der Waals surface area contributed by atoms with Gasteiger partial charge in [0.2, 0.25) is 0 Å². The summed E-state index contributed by atoms with van der Waals surface area (Å²) >= 11 is 12.3. The fourth-order valence-corrected chi connectivity index (χ4v) is 5.03. The fraction of sp³-hybridized carbons (Fsp3) is 0.304. The van der Waals surface area contributed by atoms with Crippen LogP contribution in [0.15, 0.2) is 48.7 Å². The van der Waals surface area contributed by atoms with E-state index in [-0.39, 0.29) is 0 Å². The molecule has 1 aromatic heterocycles. The Morgan fingerprint density at radius 2 is 1.89 bits per heavy atom. The molecule has 1 atom stereocenters. The van der Waals surface area contributed by atoms with Crippen LogP contribution in [0, 0.1) is 0 Å². The molecule has 3 aromatic rings. The van der Waals surface area contributed by atoms with Crippen molar-refractivity contribution in [3.63, 3.8) is 0 Å². The van der Waals surface area contributed by atoms with Crippen LogP contribution in [0.25, 0.3) is 16.5 Å². The Bertz CT molecular complexity index is 1030.